The Balaban J connectivity index is 1.75. The van der Waals surface area contributed by atoms with Crippen molar-refractivity contribution in [2.45, 2.75) is 33.2 Å². The summed E-state index contributed by atoms with van der Waals surface area (Å²) in [5.74, 6) is -0.249. The zero-order chi connectivity index (χ0) is 23.2. The summed E-state index contributed by atoms with van der Waals surface area (Å²) in [6.07, 6.45) is 0.828. The van der Waals surface area contributed by atoms with Gasteiger partial charge in [0.2, 0.25) is 0 Å². The number of rotatable bonds is 3. The van der Waals surface area contributed by atoms with E-state index < -0.39 is 0 Å². The minimum absolute atomic E-state index is 0.138. The van der Waals surface area contributed by atoms with E-state index in [4.69, 9.17) is 4.98 Å². The lowest BCUT2D eigenvalue weighted by molar-refractivity contribution is 0.238. The summed E-state index contributed by atoms with van der Waals surface area (Å²) in [7, 11) is 3.72. The molecule has 7 heteroatoms. The van der Waals surface area contributed by atoms with Gasteiger partial charge in [-0.3, -0.25) is 4.79 Å². The Kier molecular flexibility index (Phi) is 5.41. The standard InChI is InChI=1S/C25H28FN5O/c1-16-6-11-20-22(28-16)23(19(14-27)24(32)30(20)5)31-13-12-21(25(2,3)15-31)29(4)18-9-7-17(26)8-10-18/h6-11,21H,12-13,15H2,1-5H3/t21-/m1/s1. The van der Waals surface area contributed by atoms with Crippen LogP contribution < -0.4 is 15.4 Å². The van der Waals surface area contributed by atoms with Gasteiger partial charge in [-0.25, -0.2) is 9.37 Å². The molecule has 1 aliphatic rings. The number of nitriles is 1. The Morgan fingerprint density at radius 3 is 2.53 bits per heavy atom. The first-order valence-corrected chi connectivity index (χ1v) is 10.8. The molecule has 0 N–H and O–H groups in total. The van der Waals surface area contributed by atoms with Crippen molar-refractivity contribution in [3.63, 3.8) is 0 Å². The molecule has 0 amide bonds. The van der Waals surface area contributed by atoms with E-state index in [1.54, 1.807) is 19.2 Å². The number of benzene rings is 1. The van der Waals surface area contributed by atoms with Crippen molar-refractivity contribution in [1.29, 1.82) is 5.26 Å². The first kappa shape index (κ1) is 21.8. The molecular formula is C25H28FN5O. The monoisotopic (exact) mass is 433 g/mol. The molecule has 0 radical (unpaired) electrons. The van der Waals surface area contributed by atoms with Crippen LogP contribution in [0.1, 0.15) is 31.5 Å². The summed E-state index contributed by atoms with van der Waals surface area (Å²) < 4.78 is 14.9. The van der Waals surface area contributed by atoms with Crippen LogP contribution >= 0.6 is 0 Å². The van der Waals surface area contributed by atoms with Crippen LogP contribution in [-0.2, 0) is 7.05 Å². The van der Waals surface area contributed by atoms with Crippen LogP contribution in [0.4, 0.5) is 15.8 Å². The molecule has 0 unspecified atom stereocenters. The van der Waals surface area contributed by atoms with Gasteiger partial charge in [-0.2, -0.15) is 5.26 Å². The molecule has 3 aromatic rings. The van der Waals surface area contributed by atoms with E-state index in [9.17, 15) is 14.4 Å². The van der Waals surface area contributed by atoms with Gasteiger partial charge in [0, 0.05) is 50.0 Å². The number of hydrogen-bond donors (Lipinski definition) is 0. The van der Waals surface area contributed by atoms with Crippen molar-refractivity contribution >= 4 is 22.4 Å². The van der Waals surface area contributed by atoms with Gasteiger partial charge in [0.1, 0.15) is 23.0 Å². The summed E-state index contributed by atoms with van der Waals surface area (Å²) >= 11 is 0. The number of hydrogen-bond acceptors (Lipinski definition) is 5. The van der Waals surface area contributed by atoms with Gasteiger partial charge in [-0.15, -0.1) is 0 Å². The van der Waals surface area contributed by atoms with Gasteiger partial charge in [0.05, 0.1) is 11.2 Å². The Labute approximate surface area is 187 Å². The Morgan fingerprint density at radius 1 is 1.22 bits per heavy atom. The first-order valence-electron chi connectivity index (χ1n) is 10.8. The maximum atomic E-state index is 13.4. The van der Waals surface area contributed by atoms with Crippen molar-refractivity contribution in [3.05, 3.63) is 63.8 Å². The second kappa shape index (κ2) is 7.94. The van der Waals surface area contributed by atoms with Crippen molar-refractivity contribution in [2.75, 3.05) is 29.9 Å². The van der Waals surface area contributed by atoms with Crippen LogP contribution in [0.2, 0.25) is 0 Å². The molecule has 32 heavy (non-hydrogen) atoms. The fraction of sp³-hybridized carbons (Fsp3) is 0.400. The summed E-state index contributed by atoms with van der Waals surface area (Å²) in [5.41, 5.74) is 3.51. The van der Waals surface area contributed by atoms with E-state index in [1.807, 2.05) is 26.1 Å². The van der Waals surface area contributed by atoms with E-state index in [2.05, 4.69) is 29.7 Å². The van der Waals surface area contributed by atoms with Gasteiger partial charge in [-0.1, -0.05) is 13.8 Å². The normalized spacial score (nSPS) is 17.9. The summed E-state index contributed by atoms with van der Waals surface area (Å²) in [5, 5.41) is 9.87. The Hall–Kier alpha value is -3.40. The maximum absolute atomic E-state index is 13.4. The van der Waals surface area contributed by atoms with E-state index >= 15 is 0 Å². The Morgan fingerprint density at radius 2 is 1.91 bits per heavy atom. The zero-order valence-electron chi connectivity index (χ0n) is 19.2. The zero-order valence-corrected chi connectivity index (χ0v) is 19.2. The van der Waals surface area contributed by atoms with Gasteiger partial charge < -0.3 is 14.4 Å². The lowest BCUT2D eigenvalue weighted by atomic mass is 9.77. The predicted octanol–water partition coefficient (Wildman–Crippen LogP) is 3.99. The molecule has 0 bridgehead atoms. The third-order valence-corrected chi connectivity index (χ3v) is 6.66. The van der Waals surface area contributed by atoms with Crippen molar-refractivity contribution < 1.29 is 4.39 Å². The number of aryl methyl sites for hydroxylation is 2. The van der Waals surface area contributed by atoms with Crippen LogP contribution in [0, 0.1) is 29.5 Å². The summed E-state index contributed by atoms with van der Waals surface area (Å²) in [6, 6.07) is 12.7. The van der Waals surface area contributed by atoms with Crippen LogP contribution in [-0.4, -0.2) is 35.7 Å². The maximum Gasteiger partial charge on any atom is 0.270 e. The molecule has 6 nitrogen and oxygen atoms in total. The number of nitrogens with zero attached hydrogens (tertiary/aromatic N) is 5. The molecule has 0 spiro atoms. The number of piperidine rings is 1. The molecule has 1 saturated heterocycles. The number of aromatic nitrogens is 2. The Bertz CT molecular complexity index is 1270. The topological polar surface area (TPSA) is 65.2 Å². The smallest absolute Gasteiger partial charge is 0.270 e. The minimum atomic E-state index is -0.302. The number of pyridine rings is 2. The number of halogens is 1. The van der Waals surface area contributed by atoms with Crippen LogP contribution in [0.15, 0.2) is 41.2 Å². The van der Waals surface area contributed by atoms with Gasteiger partial charge in [0.15, 0.2) is 0 Å². The third-order valence-electron chi connectivity index (χ3n) is 6.66. The molecule has 3 heterocycles. The molecule has 2 aromatic heterocycles. The molecule has 1 atom stereocenters. The molecule has 1 fully saturated rings. The van der Waals surface area contributed by atoms with E-state index in [1.165, 1.54) is 16.7 Å². The lowest BCUT2D eigenvalue weighted by Gasteiger charge is -2.49. The molecule has 166 valence electrons. The molecule has 1 aromatic carbocycles. The lowest BCUT2D eigenvalue weighted by Crippen LogP contribution is -2.55. The molecule has 4 rings (SSSR count). The van der Waals surface area contributed by atoms with Crippen molar-refractivity contribution in [3.8, 4) is 6.07 Å². The molecule has 0 aliphatic carbocycles. The molecule has 0 saturated carbocycles. The second-order valence-electron chi connectivity index (χ2n) is 9.32. The summed E-state index contributed by atoms with van der Waals surface area (Å²) in [4.78, 5) is 22.0. The summed E-state index contributed by atoms with van der Waals surface area (Å²) in [6.45, 7) is 7.64. The van der Waals surface area contributed by atoms with Crippen molar-refractivity contribution in [1.82, 2.24) is 9.55 Å². The van der Waals surface area contributed by atoms with Crippen LogP contribution in [0.3, 0.4) is 0 Å². The van der Waals surface area contributed by atoms with E-state index in [-0.39, 0.29) is 28.4 Å². The molecule has 1 aliphatic heterocycles. The highest BCUT2D eigenvalue weighted by molar-refractivity contribution is 5.91. The largest absolute Gasteiger partial charge is 0.371 e. The fourth-order valence-corrected chi connectivity index (χ4v) is 5.01. The van der Waals surface area contributed by atoms with Gasteiger partial charge in [-0.05, 0) is 49.7 Å². The van der Waals surface area contributed by atoms with Crippen LogP contribution in [0.25, 0.3) is 11.0 Å². The SMILES string of the molecule is Cc1ccc2c(n1)c(N1CC[C@@H](N(C)c3ccc(F)cc3)C(C)(C)C1)c(C#N)c(=O)n2C. The fourth-order valence-electron chi connectivity index (χ4n) is 5.01. The molecular weight excluding hydrogens is 405 g/mol. The quantitative estimate of drug-likeness (QED) is 0.625. The van der Waals surface area contributed by atoms with Gasteiger partial charge >= 0.3 is 0 Å². The van der Waals surface area contributed by atoms with E-state index in [0.717, 1.165) is 23.3 Å². The van der Waals surface area contributed by atoms with Crippen molar-refractivity contribution in [2.24, 2.45) is 12.5 Å². The van der Waals surface area contributed by atoms with Gasteiger partial charge in [0.25, 0.3) is 5.56 Å². The average molecular weight is 434 g/mol. The van der Waals surface area contributed by atoms with Crippen LogP contribution in [0.5, 0.6) is 0 Å². The third kappa shape index (κ3) is 3.60. The number of anilines is 2. The predicted molar refractivity (Wildman–Crippen MR) is 126 cm³/mol. The second-order valence-corrected chi connectivity index (χ2v) is 9.32. The highest BCUT2D eigenvalue weighted by atomic mass is 19.1. The average Bonchev–Trinajstić information content (AvgIpc) is 2.75. The van der Waals surface area contributed by atoms with E-state index in [0.29, 0.717) is 24.3 Å². The highest BCUT2D eigenvalue weighted by Gasteiger charge is 2.40. The number of fused-ring (bicyclic) bond motifs is 1. The first-order chi connectivity index (χ1) is 15.1. The minimum Gasteiger partial charge on any atom is -0.371 e. The highest BCUT2D eigenvalue weighted by Crippen LogP contribution is 2.39.